The van der Waals surface area contributed by atoms with Crippen LogP contribution in [-0.2, 0) is 6.54 Å². The van der Waals surface area contributed by atoms with Crippen LogP contribution in [0.5, 0.6) is 11.5 Å². The smallest absolute Gasteiger partial charge is 0.161 e. The first kappa shape index (κ1) is 17.0. The fourth-order valence-corrected chi connectivity index (χ4v) is 4.31. The first-order chi connectivity index (χ1) is 13.8. The number of benzene rings is 2. The summed E-state index contributed by atoms with van der Waals surface area (Å²) in [5.41, 5.74) is 3.11. The summed E-state index contributed by atoms with van der Waals surface area (Å²) in [6.45, 7) is 1.77. The molecule has 5 rings (SSSR count). The summed E-state index contributed by atoms with van der Waals surface area (Å²) >= 11 is 1.66. The summed E-state index contributed by atoms with van der Waals surface area (Å²) in [5, 5.41) is 6.59. The summed E-state index contributed by atoms with van der Waals surface area (Å²) < 4.78 is 25.7. The number of nitrogens with zero attached hydrogens (tertiary/aromatic N) is 1. The number of nitrogens with one attached hydrogen (secondary N) is 1. The molecule has 0 saturated carbocycles. The van der Waals surface area contributed by atoms with Crippen molar-refractivity contribution in [3.8, 4) is 22.6 Å². The third-order valence-corrected chi connectivity index (χ3v) is 5.66. The van der Waals surface area contributed by atoms with E-state index in [1.807, 2.05) is 24.3 Å². The second-order valence-electron chi connectivity index (χ2n) is 6.52. The highest BCUT2D eigenvalue weighted by molar-refractivity contribution is 7.17. The lowest BCUT2D eigenvalue weighted by atomic mass is 10.1. The third kappa shape index (κ3) is 3.16. The molecule has 0 amide bonds. The summed E-state index contributed by atoms with van der Waals surface area (Å²) in [6.07, 6.45) is 1.80. The zero-order valence-corrected chi connectivity index (χ0v) is 15.8. The molecule has 1 aliphatic rings. The van der Waals surface area contributed by atoms with Crippen molar-refractivity contribution in [2.75, 3.05) is 18.5 Å². The highest BCUT2D eigenvalue weighted by Gasteiger charge is 2.14. The standard InChI is InChI=1S/C22H17FN2O2S/c23-16-4-2-15(3-5-16)17-13-28-20-7-8-24-22(21(17)20)25-12-14-1-6-18-19(11-14)27-10-9-26-18/h1-8,11,13H,9-10,12H2,(H,24,25). The molecule has 0 fully saturated rings. The summed E-state index contributed by atoms with van der Waals surface area (Å²) in [7, 11) is 0. The number of anilines is 1. The van der Waals surface area contributed by atoms with Gasteiger partial charge in [0.25, 0.3) is 0 Å². The zero-order valence-electron chi connectivity index (χ0n) is 14.9. The van der Waals surface area contributed by atoms with Crippen LogP contribution in [-0.4, -0.2) is 18.2 Å². The Bertz CT molecular complexity index is 1140. The molecule has 1 N–H and O–H groups in total. The van der Waals surface area contributed by atoms with Gasteiger partial charge >= 0.3 is 0 Å². The van der Waals surface area contributed by atoms with Crippen molar-refractivity contribution in [3.05, 3.63) is 71.5 Å². The first-order valence-electron chi connectivity index (χ1n) is 9.02. The maximum atomic E-state index is 13.3. The van der Waals surface area contributed by atoms with Gasteiger partial charge < -0.3 is 14.8 Å². The minimum absolute atomic E-state index is 0.238. The normalized spacial score (nSPS) is 12.9. The molecule has 0 saturated heterocycles. The molecule has 28 heavy (non-hydrogen) atoms. The van der Waals surface area contributed by atoms with Gasteiger partial charge in [-0.3, -0.25) is 0 Å². The predicted octanol–water partition coefficient (Wildman–Crippen LogP) is 5.49. The highest BCUT2D eigenvalue weighted by Crippen LogP contribution is 2.38. The molecule has 0 bridgehead atoms. The number of halogens is 1. The lowest BCUT2D eigenvalue weighted by Gasteiger charge is -2.19. The zero-order chi connectivity index (χ0) is 18.9. The van der Waals surface area contributed by atoms with Crippen LogP contribution in [0.4, 0.5) is 10.2 Å². The number of fused-ring (bicyclic) bond motifs is 2. The van der Waals surface area contributed by atoms with E-state index in [0.717, 1.165) is 44.1 Å². The number of thiophene rings is 1. The molecule has 0 atom stereocenters. The van der Waals surface area contributed by atoms with Crippen LogP contribution < -0.4 is 14.8 Å². The van der Waals surface area contributed by atoms with Gasteiger partial charge in [0, 0.05) is 28.4 Å². The Morgan fingerprint density at radius 2 is 1.82 bits per heavy atom. The number of aromatic nitrogens is 1. The molecule has 2 aromatic heterocycles. The Morgan fingerprint density at radius 1 is 1.00 bits per heavy atom. The molecule has 2 aromatic carbocycles. The maximum Gasteiger partial charge on any atom is 0.161 e. The monoisotopic (exact) mass is 392 g/mol. The summed E-state index contributed by atoms with van der Waals surface area (Å²) in [6, 6.07) is 14.5. The van der Waals surface area contributed by atoms with E-state index >= 15 is 0 Å². The molecule has 6 heteroatoms. The topological polar surface area (TPSA) is 43.4 Å². The first-order valence-corrected chi connectivity index (χ1v) is 9.90. The molecule has 4 aromatic rings. The predicted molar refractivity (Wildman–Crippen MR) is 110 cm³/mol. The van der Waals surface area contributed by atoms with E-state index in [1.54, 1.807) is 29.7 Å². The number of rotatable bonds is 4. The van der Waals surface area contributed by atoms with Gasteiger partial charge in [-0.25, -0.2) is 9.37 Å². The summed E-state index contributed by atoms with van der Waals surface area (Å²) in [5.74, 6) is 2.14. The molecule has 3 heterocycles. The van der Waals surface area contributed by atoms with Crippen LogP contribution in [0.2, 0.25) is 0 Å². The van der Waals surface area contributed by atoms with E-state index in [0.29, 0.717) is 19.8 Å². The van der Waals surface area contributed by atoms with Gasteiger partial charge in [0.05, 0.1) is 0 Å². The van der Waals surface area contributed by atoms with Crippen molar-refractivity contribution >= 4 is 27.2 Å². The fourth-order valence-electron chi connectivity index (χ4n) is 3.34. The molecule has 1 aliphatic heterocycles. The molecule has 0 radical (unpaired) electrons. The van der Waals surface area contributed by atoms with Crippen molar-refractivity contribution in [1.29, 1.82) is 0 Å². The van der Waals surface area contributed by atoms with E-state index in [4.69, 9.17) is 9.47 Å². The van der Waals surface area contributed by atoms with Gasteiger partial charge in [-0.15, -0.1) is 11.3 Å². The van der Waals surface area contributed by atoms with Crippen LogP contribution in [0.25, 0.3) is 21.2 Å². The van der Waals surface area contributed by atoms with E-state index in [2.05, 4.69) is 15.7 Å². The van der Waals surface area contributed by atoms with Crippen LogP contribution in [0.3, 0.4) is 0 Å². The van der Waals surface area contributed by atoms with Gasteiger partial charge in [-0.1, -0.05) is 18.2 Å². The van der Waals surface area contributed by atoms with Crippen molar-refractivity contribution in [2.45, 2.75) is 6.54 Å². The van der Waals surface area contributed by atoms with Gasteiger partial charge in [0.1, 0.15) is 24.8 Å². The minimum atomic E-state index is -0.238. The second kappa shape index (κ2) is 7.13. The van der Waals surface area contributed by atoms with Crippen LogP contribution in [0, 0.1) is 5.82 Å². The summed E-state index contributed by atoms with van der Waals surface area (Å²) in [4.78, 5) is 4.55. The SMILES string of the molecule is Fc1ccc(-c2csc3ccnc(NCc4ccc5c(c4)OCCO5)c23)cc1. The van der Waals surface area contributed by atoms with Gasteiger partial charge in [0.15, 0.2) is 11.5 Å². The van der Waals surface area contributed by atoms with Crippen molar-refractivity contribution in [2.24, 2.45) is 0 Å². The van der Waals surface area contributed by atoms with E-state index in [1.165, 1.54) is 12.1 Å². The Morgan fingerprint density at radius 3 is 2.68 bits per heavy atom. The molecule has 0 unspecified atom stereocenters. The van der Waals surface area contributed by atoms with E-state index in [9.17, 15) is 4.39 Å². The number of ether oxygens (including phenoxy) is 2. The van der Waals surface area contributed by atoms with E-state index in [-0.39, 0.29) is 5.82 Å². The van der Waals surface area contributed by atoms with Crippen molar-refractivity contribution in [3.63, 3.8) is 0 Å². The van der Waals surface area contributed by atoms with Crippen LogP contribution in [0.15, 0.2) is 60.1 Å². The maximum absolute atomic E-state index is 13.3. The number of hydrogen-bond donors (Lipinski definition) is 1. The lowest BCUT2D eigenvalue weighted by molar-refractivity contribution is 0.171. The average Bonchev–Trinajstić information content (AvgIpc) is 3.17. The number of pyridine rings is 1. The van der Waals surface area contributed by atoms with Gasteiger partial charge in [-0.2, -0.15) is 0 Å². The van der Waals surface area contributed by atoms with Crippen LogP contribution in [0.1, 0.15) is 5.56 Å². The minimum Gasteiger partial charge on any atom is -0.486 e. The van der Waals surface area contributed by atoms with Crippen LogP contribution >= 0.6 is 11.3 Å². The Kier molecular flexibility index (Phi) is 4.33. The number of hydrogen-bond acceptors (Lipinski definition) is 5. The molecular weight excluding hydrogens is 375 g/mol. The Balaban J connectivity index is 1.46. The average molecular weight is 392 g/mol. The second-order valence-corrected chi connectivity index (χ2v) is 7.43. The molecule has 140 valence electrons. The Labute approximate surface area is 165 Å². The van der Waals surface area contributed by atoms with Gasteiger partial charge in [-0.05, 0) is 46.8 Å². The molecule has 0 aliphatic carbocycles. The molecule has 0 spiro atoms. The van der Waals surface area contributed by atoms with Crippen molar-refractivity contribution < 1.29 is 13.9 Å². The largest absolute Gasteiger partial charge is 0.486 e. The highest BCUT2D eigenvalue weighted by atomic mass is 32.1. The third-order valence-electron chi connectivity index (χ3n) is 4.71. The molecule has 4 nitrogen and oxygen atoms in total. The fraction of sp³-hybridized carbons (Fsp3) is 0.136. The van der Waals surface area contributed by atoms with E-state index < -0.39 is 0 Å². The van der Waals surface area contributed by atoms with Gasteiger partial charge in [0.2, 0.25) is 0 Å². The lowest BCUT2D eigenvalue weighted by Crippen LogP contribution is -2.15. The van der Waals surface area contributed by atoms with Crippen molar-refractivity contribution in [1.82, 2.24) is 4.98 Å². The molecular formula is C22H17FN2O2S. The Hall–Kier alpha value is -3.12. The quantitative estimate of drug-likeness (QED) is 0.499.